The molecule has 0 atom stereocenters. The third kappa shape index (κ3) is 4.16. The summed E-state index contributed by atoms with van der Waals surface area (Å²) in [5, 5.41) is 8.38. The molecule has 0 saturated carbocycles. The molecule has 0 aliphatic rings. The van der Waals surface area contributed by atoms with Crippen LogP contribution in [0, 0.1) is 0 Å². The Bertz CT molecular complexity index is 2840. The molecule has 218 valence electrons. The van der Waals surface area contributed by atoms with Crippen molar-refractivity contribution in [2.45, 2.75) is 0 Å². The van der Waals surface area contributed by atoms with E-state index in [1.54, 1.807) is 0 Å². The van der Waals surface area contributed by atoms with Gasteiger partial charge in [0.15, 0.2) is 0 Å². The molecule has 4 heteroatoms. The van der Waals surface area contributed by atoms with Crippen molar-refractivity contribution < 1.29 is 0 Å². The molecule has 0 aliphatic heterocycles. The zero-order valence-corrected chi connectivity index (χ0v) is 26.0. The van der Waals surface area contributed by atoms with Gasteiger partial charge in [-0.05, 0) is 35.7 Å². The first kappa shape index (κ1) is 26.3. The Morgan fingerprint density at radius 2 is 0.936 bits per heavy atom. The monoisotopic (exact) mass is 615 g/mol. The molecular weight excluding hydrogens is 591 g/mol. The molecule has 0 amide bonds. The van der Waals surface area contributed by atoms with Crippen molar-refractivity contribution in [2.24, 2.45) is 0 Å². The summed E-state index contributed by atoms with van der Waals surface area (Å²) in [7, 11) is 0. The van der Waals surface area contributed by atoms with Crippen molar-refractivity contribution >= 4 is 75.0 Å². The highest BCUT2D eigenvalue weighted by Gasteiger charge is 2.16. The first-order valence-corrected chi connectivity index (χ1v) is 16.6. The molecule has 0 saturated heterocycles. The SMILES string of the molecule is c1ccc(-c2ccc3ccc4ccc(-c5ccc(-c6nc7ccc8sc9ccccc9c8c7c7ccccc67)cc5)nc4c3n2)cc1. The summed E-state index contributed by atoms with van der Waals surface area (Å²) in [5.41, 5.74) is 8.96. The molecule has 0 unspecified atom stereocenters. The van der Waals surface area contributed by atoms with E-state index in [1.165, 1.54) is 30.9 Å². The lowest BCUT2D eigenvalue weighted by atomic mass is 9.96. The fourth-order valence-electron chi connectivity index (χ4n) is 6.98. The first-order chi connectivity index (χ1) is 23.3. The van der Waals surface area contributed by atoms with Crippen LogP contribution in [-0.4, -0.2) is 15.0 Å². The Balaban J connectivity index is 1.10. The second-order valence-electron chi connectivity index (χ2n) is 12.0. The van der Waals surface area contributed by atoms with Crippen LogP contribution in [-0.2, 0) is 0 Å². The van der Waals surface area contributed by atoms with Gasteiger partial charge in [0.1, 0.15) is 0 Å². The van der Waals surface area contributed by atoms with Gasteiger partial charge in [-0.2, -0.15) is 0 Å². The number of hydrogen-bond donors (Lipinski definition) is 0. The van der Waals surface area contributed by atoms with Crippen molar-refractivity contribution in [1.82, 2.24) is 15.0 Å². The quantitative estimate of drug-likeness (QED) is 0.186. The highest BCUT2D eigenvalue weighted by molar-refractivity contribution is 7.26. The van der Waals surface area contributed by atoms with Gasteiger partial charge in [-0.1, -0.05) is 121 Å². The van der Waals surface area contributed by atoms with E-state index in [1.807, 2.05) is 29.5 Å². The Labute approximate surface area is 274 Å². The average Bonchev–Trinajstić information content (AvgIpc) is 3.53. The van der Waals surface area contributed by atoms with Gasteiger partial charge >= 0.3 is 0 Å². The fraction of sp³-hybridized carbons (Fsp3) is 0. The normalized spacial score (nSPS) is 11.8. The summed E-state index contributed by atoms with van der Waals surface area (Å²) >= 11 is 1.85. The van der Waals surface area contributed by atoms with Crippen LogP contribution in [0.5, 0.6) is 0 Å². The number of fused-ring (bicyclic) bond motifs is 10. The van der Waals surface area contributed by atoms with E-state index in [0.29, 0.717) is 0 Å². The molecule has 0 bridgehead atoms. The van der Waals surface area contributed by atoms with Gasteiger partial charge in [0.05, 0.1) is 33.6 Å². The van der Waals surface area contributed by atoms with E-state index in [0.717, 1.165) is 66.5 Å². The summed E-state index contributed by atoms with van der Waals surface area (Å²) < 4.78 is 2.60. The van der Waals surface area contributed by atoms with Gasteiger partial charge in [0, 0.05) is 58.4 Å². The first-order valence-electron chi connectivity index (χ1n) is 15.8. The minimum atomic E-state index is 0.913. The highest BCUT2D eigenvalue weighted by Crippen LogP contribution is 2.42. The molecule has 0 spiro atoms. The number of thiophene rings is 1. The summed E-state index contributed by atoms with van der Waals surface area (Å²) in [6.07, 6.45) is 0. The van der Waals surface area contributed by atoms with Crippen molar-refractivity contribution in [2.75, 3.05) is 0 Å². The molecule has 47 heavy (non-hydrogen) atoms. The van der Waals surface area contributed by atoms with Gasteiger partial charge < -0.3 is 0 Å². The number of benzene rings is 6. The van der Waals surface area contributed by atoms with Crippen molar-refractivity contribution in [3.63, 3.8) is 0 Å². The third-order valence-corrected chi connectivity index (χ3v) is 10.4. The van der Waals surface area contributed by atoms with Crippen molar-refractivity contribution in [3.05, 3.63) is 152 Å². The summed E-state index contributed by atoms with van der Waals surface area (Å²) in [6, 6.07) is 53.5. The smallest absolute Gasteiger partial charge is 0.0972 e. The van der Waals surface area contributed by atoms with Crippen LogP contribution in [0.2, 0.25) is 0 Å². The van der Waals surface area contributed by atoms with Gasteiger partial charge in [-0.15, -0.1) is 11.3 Å². The van der Waals surface area contributed by atoms with Crippen LogP contribution in [0.3, 0.4) is 0 Å². The largest absolute Gasteiger partial charge is 0.247 e. The molecular formula is C43H25N3S. The Morgan fingerprint density at radius 1 is 0.362 bits per heavy atom. The van der Waals surface area contributed by atoms with Gasteiger partial charge in [-0.3, -0.25) is 0 Å². The second kappa shape index (κ2) is 10.3. The summed E-state index contributed by atoms with van der Waals surface area (Å²) in [6.45, 7) is 0. The fourth-order valence-corrected chi connectivity index (χ4v) is 8.09. The van der Waals surface area contributed by atoms with Crippen LogP contribution in [0.4, 0.5) is 0 Å². The molecule has 4 heterocycles. The Kier molecular flexibility index (Phi) is 5.74. The van der Waals surface area contributed by atoms with Crippen LogP contribution in [0.25, 0.3) is 97.4 Å². The van der Waals surface area contributed by atoms with Crippen LogP contribution in [0.1, 0.15) is 0 Å². The maximum Gasteiger partial charge on any atom is 0.0972 e. The van der Waals surface area contributed by atoms with Gasteiger partial charge in [0.25, 0.3) is 0 Å². The zero-order chi connectivity index (χ0) is 30.9. The third-order valence-electron chi connectivity index (χ3n) is 9.25. The molecule has 0 aliphatic carbocycles. The predicted molar refractivity (Wildman–Crippen MR) is 199 cm³/mol. The molecule has 10 rings (SSSR count). The molecule has 0 radical (unpaired) electrons. The Hall–Kier alpha value is -5.97. The van der Waals surface area contributed by atoms with Gasteiger partial charge in [-0.25, -0.2) is 15.0 Å². The van der Waals surface area contributed by atoms with E-state index in [2.05, 4.69) is 133 Å². The van der Waals surface area contributed by atoms with E-state index in [-0.39, 0.29) is 0 Å². The molecule has 4 aromatic heterocycles. The maximum absolute atomic E-state index is 5.30. The number of pyridine rings is 3. The van der Waals surface area contributed by atoms with E-state index in [9.17, 15) is 0 Å². The number of nitrogens with zero attached hydrogens (tertiary/aromatic N) is 3. The summed E-state index contributed by atoms with van der Waals surface area (Å²) in [4.78, 5) is 15.6. The second-order valence-corrected chi connectivity index (χ2v) is 13.1. The minimum Gasteiger partial charge on any atom is -0.247 e. The lowest BCUT2D eigenvalue weighted by molar-refractivity contribution is 1.36. The number of rotatable bonds is 3. The number of aromatic nitrogens is 3. The lowest BCUT2D eigenvalue weighted by Gasteiger charge is -2.12. The van der Waals surface area contributed by atoms with Crippen LogP contribution >= 0.6 is 11.3 Å². The standard InChI is InChI=1S/C43H25N3S/c1-2-8-26(9-3-1)34-22-20-29-18-19-30-21-23-35(45-43(30)42(29)44-34)27-14-16-28(17-15-27)41-32-11-5-4-10-31(32)39-36(46-41)24-25-38-40(39)33-12-6-7-13-37(33)47-38/h1-25H. The molecule has 3 nitrogen and oxygen atoms in total. The van der Waals surface area contributed by atoms with Crippen molar-refractivity contribution in [3.8, 4) is 33.8 Å². The molecule has 0 fully saturated rings. The van der Waals surface area contributed by atoms with E-state index < -0.39 is 0 Å². The molecule has 10 aromatic rings. The average molecular weight is 616 g/mol. The number of hydrogen-bond acceptors (Lipinski definition) is 4. The van der Waals surface area contributed by atoms with E-state index >= 15 is 0 Å². The topological polar surface area (TPSA) is 38.7 Å². The van der Waals surface area contributed by atoms with Gasteiger partial charge in [0.2, 0.25) is 0 Å². The zero-order valence-electron chi connectivity index (χ0n) is 25.2. The lowest BCUT2D eigenvalue weighted by Crippen LogP contribution is -1.92. The van der Waals surface area contributed by atoms with Crippen LogP contribution in [0.15, 0.2) is 152 Å². The highest BCUT2D eigenvalue weighted by atomic mass is 32.1. The minimum absolute atomic E-state index is 0.913. The van der Waals surface area contributed by atoms with E-state index in [4.69, 9.17) is 15.0 Å². The molecule has 0 N–H and O–H groups in total. The van der Waals surface area contributed by atoms with Crippen molar-refractivity contribution in [1.29, 1.82) is 0 Å². The molecule has 6 aromatic carbocycles. The predicted octanol–water partition coefficient (Wildman–Crippen LogP) is 11.9. The Morgan fingerprint density at radius 3 is 1.66 bits per heavy atom. The van der Waals surface area contributed by atoms with Crippen LogP contribution < -0.4 is 0 Å². The maximum atomic E-state index is 5.30. The summed E-state index contributed by atoms with van der Waals surface area (Å²) in [5.74, 6) is 0.